The molecule has 2 aromatic heterocycles. The minimum absolute atomic E-state index is 0.200. The zero-order chi connectivity index (χ0) is 13.7. The van der Waals surface area contributed by atoms with Crippen LogP contribution in [0.15, 0.2) is 23.6 Å². The van der Waals surface area contributed by atoms with Gasteiger partial charge in [0.1, 0.15) is 5.82 Å². The average molecular weight is 279 g/mol. The summed E-state index contributed by atoms with van der Waals surface area (Å²) in [6.07, 6.45) is 3.12. The molecule has 0 aliphatic carbocycles. The van der Waals surface area contributed by atoms with Gasteiger partial charge in [-0.15, -0.1) is 10.2 Å². The summed E-state index contributed by atoms with van der Waals surface area (Å²) >= 11 is 1.28. The molecule has 0 aromatic carbocycles. The molecule has 0 atom stereocenters. The van der Waals surface area contributed by atoms with Crippen LogP contribution in [0.5, 0.6) is 0 Å². The van der Waals surface area contributed by atoms with Crippen molar-refractivity contribution in [3.63, 3.8) is 0 Å². The molecule has 0 saturated heterocycles. The molecule has 1 amide bonds. The number of carbonyl (C=O) groups is 1. The molecular weight excluding hydrogens is 266 g/mol. The molecular formula is C10H13N7OS. The molecule has 9 heteroatoms. The van der Waals surface area contributed by atoms with E-state index in [1.54, 1.807) is 23.0 Å². The normalized spacial score (nSPS) is 10.4. The van der Waals surface area contributed by atoms with Crippen molar-refractivity contribution in [2.75, 3.05) is 11.1 Å². The van der Waals surface area contributed by atoms with Crippen LogP contribution in [0.25, 0.3) is 0 Å². The van der Waals surface area contributed by atoms with Gasteiger partial charge in [-0.3, -0.25) is 10.1 Å². The van der Waals surface area contributed by atoms with Gasteiger partial charge in [-0.2, -0.15) is 0 Å². The Morgan fingerprint density at radius 2 is 2.16 bits per heavy atom. The molecule has 0 radical (unpaired) electrons. The Morgan fingerprint density at radius 1 is 1.42 bits per heavy atom. The summed E-state index contributed by atoms with van der Waals surface area (Å²) in [6.45, 7) is 0.314. The highest BCUT2D eigenvalue weighted by molar-refractivity contribution is 7.99. The Hall–Kier alpha value is -2.00. The summed E-state index contributed by atoms with van der Waals surface area (Å²) in [5, 5.41) is 11.1. The Labute approximate surface area is 113 Å². The fourth-order valence-corrected chi connectivity index (χ4v) is 2.03. The number of hydrogen-bond acceptors (Lipinski definition) is 7. The number of amides is 1. The highest BCUT2D eigenvalue weighted by atomic mass is 32.2. The SMILES string of the molecule is Cn1c(CN)nnc1SCC(=O)Nc1ncccn1. The van der Waals surface area contributed by atoms with E-state index in [0.29, 0.717) is 17.5 Å². The fraction of sp³-hybridized carbons (Fsp3) is 0.300. The molecule has 0 spiro atoms. The summed E-state index contributed by atoms with van der Waals surface area (Å²) < 4.78 is 1.76. The maximum atomic E-state index is 11.7. The first-order valence-electron chi connectivity index (χ1n) is 5.48. The van der Waals surface area contributed by atoms with Gasteiger partial charge in [-0.1, -0.05) is 11.8 Å². The van der Waals surface area contributed by atoms with Crippen molar-refractivity contribution in [2.24, 2.45) is 12.8 Å². The number of nitrogens with zero attached hydrogens (tertiary/aromatic N) is 5. The summed E-state index contributed by atoms with van der Waals surface area (Å²) in [5.41, 5.74) is 5.49. The van der Waals surface area contributed by atoms with E-state index in [1.807, 2.05) is 7.05 Å². The lowest BCUT2D eigenvalue weighted by Gasteiger charge is -2.03. The highest BCUT2D eigenvalue weighted by Gasteiger charge is 2.10. The van der Waals surface area contributed by atoms with Gasteiger partial charge in [0.2, 0.25) is 11.9 Å². The third-order valence-corrected chi connectivity index (χ3v) is 3.28. The van der Waals surface area contributed by atoms with E-state index < -0.39 is 0 Å². The van der Waals surface area contributed by atoms with Crippen LogP contribution in [-0.4, -0.2) is 36.4 Å². The minimum Gasteiger partial charge on any atom is -0.324 e. The number of nitrogens with one attached hydrogen (secondary N) is 1. The Bertz CT molecular complexity index is 556. The van der Waals surface area contributed by atoms with E-state index in [2.05, 4.69) is 25.5 Å². The van der Waals surface area contributed by atoms with E-state index in [-0.39, 0.29) is 17.6 Å². The second-order valence-electron chi connectivity index (χ2n) is 3.57. The van der Waals surface area contributed by atoms with Crippen molar-refractivity contribution in [3.05, 3.63) is 24.3 Å². The third-order valence-electron chi connectivity index (χ3n) is 2.26. The maximum absolute atomic E-state index is 11.7. The molecule has 19 heavy (non-hydrogen) atoms. The van der Waals surface area contributed by atoms with Gasteiger partial charge in [0.05, 0.1) is 12.3 Å². The highest BCUT2D eigenvalue weighted by Crippen LogP contribution is 2.15. The third kappa shape index (κ3) is 3.48. The second kappa shape index (κ2) is 6.25. The molecule has 2 aromatic rings. The first-order valence-corrected chi connectivity index (χ1v) is 6.47. The standard InChI is InChI=1S/C10H13N7OS/c1-17-7(5-11)15-16-10(17)19-6-8(18)14-9-12-3-2-4-13-9/h2-4H,5-6,11H2,1H3,(H,12,13,14,18). The van der Waals surface area contributed by atoms with Crippen molar-refractivity contribution in [3.8, 4) is 0 Å². The van der Waals surface area contributed by atoms with Gasteiger partial charge in [0.15, 0.2) is 5.16 Å². The zero-order valence-corrected chi connectivity index (χ0v) is 11.1. The van der Waals surface area contributed by atoms with Crippen molar-refractivity contribution in [1.29, 1.82) is 0 Å². The van der Waals surface area contributed by atoms with Crippen LogP contribution in [0.4, 0.5) is 5.95 Å². The van der Waals surface area contributed by atoms with E-state index in [1.165, 1.54) is 11.8 Å². The minimum atomic E-state index is -0.200. The first kappa shape index (κ1) is 13.4. The van der Waals surface area contributed by atoms with Crippen molar-refractivity contribution < 1.29 is 4.79 Å². The topological polar surface area (TPSA) is 112 Å². The van der Waals surface area contributed by atoms with Gasteiger partial charge in [-0.05, 0) is 6.07 Å². The smallest absolute Gasteiger partial charge is 0.237 e. The Kier molecular flexibility index (Phi) is 4.42. The molecule has 2 heterocycles. The molecule has 0 bridgehead atoms. The predicted molar refractivity (Wildman–Crippen MR) is 70.3 cm³/mol. The number of anilines is 1. The second-order valence-corrected chi connectivity index (χ2v) is 4.51. The molecule has 2 rings (SSSR count). The van der Waals surface area contributed by atoms with Crippen LogP contribution in [0.3, 0.4) is 0 Å². The van der Waals surface area contributed by atoms with Gasteiger partial charge in [-0.25, -0.2) is 9.97 Å². The quantitative estimate of drug-likeness (QED) is 0.728. The molecule has 0 unspecified atom stereocenters. The molecule has 0 saturated carbocycles. The molecule has 0 fully saturated rings. The van der Waals surface area contributed by atoms with Crippen LogP contribution < -0.4 is 11.1 Å². The molecule has 0 aliphatic rings. The maximum Gasteiger partial charge on any atom is 0.237 e. The van der Waals surface area contributed by atoms with Gasteiger partial charge in [0, 0.05) is 19.4 Å². The van der Waals surface area contributed by atoms with Crippen LogP contribution in [-0.2, 0) is 18.4 Å². The van der Waals surface area contributed by atoms with Crippen molar-refractivity contribution in [1.82, 2.24) is 24.7 Å². The van der Waals surface area contributed by atoms with Gasteiger partial charge < -0.3 is 10.3 Å². The van der Waals surface area contributed by atoms with Gasteiger partial charge >= 0.3 is 0 Å². The van der Waals surface area contributed by atoms with Crippen LogP contribution in [0, 0.1) is 0 Å². The van der Waals surface area contributed by atoms with E-state index in [0.717, 1.165) is 0 Å². The largest absolute Gasteiger partial charge is 0.324 e. The van der Waals surface area contributed by atoms with E-state index in [9.17, 15) is 4.79 Å². The zero-order valence-electron chi connectivity index (χ0n) is 10.3. The lowest BCUT2D eigenvalue weighted by molar-refractivity contribution is -0.113. The van der Waals surface area contributed by atoms with Crippen molar-refractivity contribution in [2.45, 2.75) is 11.7 Å². The lowest BCUT2D eigenvalue weighted by Crippen LogP contribution is -2.16. The summed E-state index contributed by atoms with van der Waals surface area (Å²) in [7, 11) is 1.81. The van der Waals surface area contributed by atoms with Gasteiger partial charge in [0.25, 0.3) is 0 Å². The number of carbonyl (C=O) groups excluding carboxylic acids is 1. The number of aromatic nitrogens is 5. The number of thioether (sulfide) groups is 1. The summed E-state index contributed by atoms with van der Waals surface area (Å²) in [4.78, 5) is 19.5. The fourth-order valence-electron chi connectivity index (χ4n) is 1.30. The Balaban J connectivity index is 1.88. The number of nitrogens with two attached hydrogens (primary N) is 1. The molecule has 3 N–H and O–H groups in total. The van der Waals surface area contributed by atoms with Crippen LogP contribution in [0.2, 0.25) is 0 Å². The van der Waals surface area contributed by atoms with Crippen LogP contribution >= 0.6 is 11.8 Å². The van der Waals surface area contributed by atoms with E-state index >= 15 is 0 Å². The monoisotopic (exact) mass is 279 g/mol. The first-order chi connectivity index (χ1) is 9.20. The van der Waals surface area contributed by atoms with Crippen LogP contribution in [0.1, 0.15) is 5.82 Å². The van der Waals surface area contributed by atoms with E-state index in [4.69, 9.17) is 5.73 Å². The molecule has 0 aliphatic heterocycles. The number of rotatable bonds is 5. The average Bonchev–Trinajstić information content (AvgIpc) is 2.78. The molecule has 100 valence electrons. The Morgan fingerprint density at radius 3 is 2.79 bits per heavy atom. The van der Waals surface area contributed by atoms with Crippen molar-refractivity contribution >= 4 is 23.6 Å². The molecule has 8 nitrogen and oxygen atoms in total. The lowest BCUT2D eigenvalue weighted by atomic mass is 10.6. The number of hydrogen-bond donors (Lipinski definition) is 2. The summed E-state index contributed by atoms with van der Waals surface area (Å²) in [5.74, 6) is 0.964. The summed E-state index contributed by atoms with van der Waals surface area (Å²) in [6, 6.07) is 1.68. The predicted octanol–water partition coefficient (Wildman–Crippen LogP) is -0.205.